The van der Waals surface area contributed by atoms with E-state index in [0.717, 1.165) is 5.06 Å². The lowest BCUT2D eigenvalue weighted by Crippen LogP contribution is -2.32. The first-order valence-corrected chi connectivity index (χ1v) is 7.35. The first kappa shape index (κ1) is 15.7. The lowest BCUT2D eigenvalue weighted by atomic mass is 10.1. The monoisotopic (exact) mass is 353 g/mol. The number of amidine groups is 1. The Morgan fingerprint density at radius 1 is 1.09 bits per heavy atom. The SMILES string of the molecule is COc1ccc(OC)c(C2=NNc3cc(Cl)c(Cl)cc3N2O)c1. The molecule has 0 saturated carbocycles. The van der Waals surface area contributed by atoms with Crippen molar-refractivity contribution in [3.63, 3.8) is 0 Å². The van der Waals surface area contributed by atoms with E-state index in [2.05, 4.69) is 10.5 Å². The van der Waals surface area contributed by atoms with Crippen LogP contribution in [-0.4, -0.2) is 25.3 Å². The molecule has 0 aromatic heterocycles. The summed E-state index contributed by atoms with van der Waals surface area (Å²) in [5.41, 5.74) is 4.36. The molecule has 0 bridgehead atoms. The van der Waals surface area contributed by atoms with Gasteiger partial charge in [0, 0.05) is 0 Å². The van der Waals surface area contributed by atoms with Gasteiger partial charge < -0.3 is 9.47 Å². The predicted octanol–water partition coefficient (Wildman–Crippen LogP) is 3.99. The second-order valence-corrected chi connectivity index (χ2v) is 5.52. The molecule has 0 aliphatic carbocycles. The third-order valence-electron chi connectivity index (χ3n) is 3.40. The summed E-state index contributed by atoms with van der Waals surface area (Å²) in [4.78, 5) is 0. The molecule has 3 rings (SSSR count). The zero-order chi connectivity index (χ0) is 16.6. The summed E-state index contributed by atoms with van der Waals surface area (Å²) in [6.07, 6.45) is 0. The Morgan fingerprint density at radius 3 is 2.52 bits per heavy atom. The zero-order valence-corrected chi connectivity index (χ0v) is 13.8. The van der Waals surface area contributed by atoms with E-state index in [4.69, 9.17) is 32.7 Å². The number of hydrazone groups is 1. The second-order valence-electron chi connectivity index (χ2n) is 4.71. The number of halogens is 2. The van der Waals surface area contributed by atoms with Crippen LogP contribution < -0.4 is 20.0 Å². The highest BCUT2D eigenvalue weighted by atomic mass is 35.5. The highest BCUT2D eigenvalue weighted by molar-refractivity contribution is 6.42. The molecule has 1 aliphatic heterocycles. The third kappa shape index (κ3) is 2.76. The van der Waals surface area contributed by atoms with Gasteiger partial charge in [-0.25, -0.2) is 5.06 Å². The Morgan fingerprint density at radius 2 is 1.83 bits per heavy atom. The normalized spacial score (nSPS) is 13.1. The molecule has 23 heavy (non-hydrogen) atoms. The molecule has 0 radical (unpaired) electrons. The van der Waals surface area contributed by atoms with Crippen LogP contribution in [0.5, 0.6) is 11.5 Å². The molecule has 2 N–H and O–H groups in total. The number of nitrogens with zero attached hydrogens (tertiary/aromatic N) is 2. The minimum Gasteiger partial charge on any atom is -0.497 e. The number of methoxy groups -OCH3 is 2. The Bertz CT molecular complexity index is 796. The molecule has 0 saturated heterocycles. The summed E-state index contributed by atoms with van der Waals surface area (Å²) in [6, 6.07) is 8.34. The highest BCUT2D eigenvalue weighted by Crippen LogP contribution is 2.38. The van der Waals surface area contributed by atoms with Crippen molar-refractivity contribution in [2.75, 3.05) is 24.7 Å². The third-order valence-corrected chi connectivity index (χ3v) is 4.12. The predicted molar refractivity (Wildman–Crippen MR) is 90.4 cm³/mol. The number of hydrogen-bond acceptors (Lipinski definition) is 6. The summed E-state index contributed by atoms with van der Waals surface area (Å²) in [5.74, 6) is 1.39. The van der Waals surface area contributed by atoms with Gasteiger partial charge in [-0.2, -0.15) is 5.10 Å². The number of hydroxylamine groups is 1. The lowest BCUT2D eigenvalue weighted by Gasteiger charge is -2.27. The number of nitrogens with one attached hydrogen (secondary N) is 1. The molecule has 6 nitrogen and oxygen atoms in total. The van der Waals surface area contributed by atoms with Crippen molar-refractivity contribution in [2.45, 2.75) is 0 Å². The maximum absolute atomic E-state index is 10.5. The fraction of sp³-hybridized carbons (Fsp3) is 0.133. The van der Waals surface area contributed by atoms with Crippen molar-refractivity contribution in [1.29, 1.82) is 0 Å². The molecular weight excluding hydrogens is 341 g/mol. The van der Waals surface area contributed by atoms with E-state index >= 15 is 0 Å². The highest BCUT2D eigenvalue weighted by Gasteiger charge is 2.25. The van der Waals surface area contributed by atoms with E-state index in [-0.39, 0.29) is 5.84 Å². The van der Waals surface area contributed by atoms with Crippen molar-refractivity contribution < 1.29 is 14.7 Å². The van der Waals surface area contributed by atoms with Crippen LogP contribution in [0.2, 0.25) is 10.0 Å². The number of rotatable bonds is 3. The van der Waals surface area contributed by atoms with Gasteiger partial charge in [-0.1, -0.05) is 23.2 Å². The van der Waals surface area contributed by atoms with E-state index in [1.54, 1.807) is 37.4 Å². The van der Waals surface area contributed by atoms with E-state index in [9.17, 15) is 5.21 Å². The molecule has 2 aromatic rings. The molecule has 0 fully saturated rings. The van der Waals surface area contributed by atoms with Crippen molar-refractivity contribution >= 4 is 40.4 Å². The van der Waals surface area contributed by atoms with Crippen LogP contribution in [0.15, 0.2) is 35.4 Å². The maximum atomic E-state index is 10.5. The van der Waals surface area contributed by atoms with Crippen LogP contribution in [0.25, 0.3) is 0 Å². The van der Waals surface area contributed by atoms with Gasteiger partial charge in [-0.05, 0) is 30.3 Å². The van der Waals surface area contributed by atoms with Crippen LogP contribution in [0, 0.1) is 0 Å². The second kappa shape index (κ2) is 6.16. The van der Waals surface area contributed by atoms with E-state index in [1.165, 1.54) is 7.11 Å². The number of hydrogen-bond donors (Lipinski definition) is 2. The van der Waals surface area contributed by atoms with Crippen LogP contribution in [0.3, 0.4) is 0 Å². The smallest absolute Gasteiger partial charge is 0.188 e. The lowest BCUT2D eigenvalue weighted by molar-refractivity contribution is 0.311. The van der Waals surface area contributed by atoms with Crippen LogP contribution in [0.4, 0.5) is 11.4 Å². The molecule has 0 amide bonds. The fourth-order valence-electron chi connectivity index (χ4n) is 2.24. The number of anilines is 2. The molecule has 2 aromatic carbocycles. The van der Waals surface area contributed by atoms with Crippen molar-refractivity contribution in [1.82, 2.24) is 0 Å². The minimum absolute atomic E-state index is 0.242. The largest absolute Gasteiger partial charge is 0.497 e. The van der Waals surface area contributed by atoms with Gasteiger partial charge in [-0.15, -0.1) is 0 Å². The average molecular weight is 354 g/mol. The van der Waals surface area contributed by atoms with Gasteiger partial charge in [-0.3, -0.25) is 10.6 Å². The van der Waals surface area contributed by atoms with E-state index in [1.807, 2.05) is 0 Å². The van der Waals surface area contributed by atoms with Gasteiger partial charge in [0.25, 0.3) is 0 Å². The number of fused-ring (bicyclic) bond motifs is 1. The van der Waals surface area contributed by atoms with Gasteiger partial charge in [0.2, 0.25) is 0 Å². The summed E-state index contributed by atoms with van der Waals surface area (Å²) in [6.45, 7) is 0. The minimum atomic E-state index is 0.242. The summed E-state index contributed by atoms with van der Waals surface area (Å²) in [5, 5.41) is 16.3. The molecule has 8 heteroatoms. The Balaban J connectivity index is 2.09. The van der Waals surface area contributed by atoms with Gasteiger partial charge >= 0.3 is 0 Å². The Labute approximate surface area is 142 Å². The van der Waals surface area contributed by atoms with E-state index in [0.29, 0.717) is 38.5 Å². The van der Waals surface area contributed by atoms with Crippen molar-refractivity contribution in [3.8, 4) is 11.5 Å². The molecule has 120 valence electrons. The van der Waals surface area contributed by atoms with Crippen molar-refractivity contribution in [3.05, 3.63) is 45.9 Å². The topological polar surface area (TPSA) is 66.3 Å². The van der Waals surface area contributed by atoms with Gasteiger partial charge in [0.1, 0.15) is 11.5 Å². The molecule has 0 spiro atoms. The van der Waals surface area contributed by atoms with E-state index < -0.39 is 0 Å². The van der Waals surface area contributed by atoms with Crippen LogP contribution in [0.1, 0.15) is 5.56 Å². The van der Waals surface area contributed by atoms with Gasteiger partial charge in [0.05, 0.1) is 41.2 Å². The van der Waals surface area contributed by atoms with Crippen molar-refractivity contribution in [2.24, 2.45) is 5.10 Å². The maximum Gasteiger partial charge on any atom is 0.188 e. The molecular formula is C15H13Cl2N3O3. The van der Waals surface area contributed by atoms with Crippen LogP contribution in [-0.2, 0) is 0 Å². The number of benzene rings is 2. The fourth-order valence-corrected chi connectivity index (χ4v) is 2.56. The summed E-state index contributed by atoms with van der Waals surface area (Å²) in [7, 11) is 3.09. The Hall–Kier alpha value is -2.15. The van der Waals surface area contributed by atoms with Gasteiger partial charge in [0.15, 0.2) is 5.84 Å². The first-order valence-electron chi connectivity index (χ1n) is 6.59. The van der Waals surface area contributed by atoms with Crippen LogP contribution >= 0.6 is 23.2 Å². The average Bonchev–Trinajstić information content (AvgIpc) is 2.56. The zero-order valence-electron chi connectivity index (χ0n) is 12.3. The quantitative estimate of drug-likeness (QED) is 0.872. The standard InChI is InChI=1S/C15H13Cl2N3O3/c1-22-8-3-4-14(23-2)9(5-8)15-19-18-12-6-10(16)11(17)7-13(12)20(15)21/h3-7,18,21H,1-2H3. The molecule has 1 aliphatic rings. The molecule has 0 atom stereocenters. The number of ether oxygens (including phenoxy) is 2. The Kier molecular flexibility index (Phi) is 4.21. The molecule has 0 unspecified atom stereocenters. The summed E-state index contributed by atoms with van der Waals surface area (Å²) >= 11 is 12.0. The summed E-state index contributed by atoms with van der Waals surface area (Å²) < 4.78 is 10.5. The first-order chi connectivity index (χ1) is 11.0. The molecule has 1 heterocycles.